The zero-order chi connectivity index (χ0) is 19.5. The van der Waals surface area contributed by atoms with E-state index in [9.17, 15) is 14.7 Å². The highest BCUT2D eigenvalue weighted by atomic mass is 16.7. The van der Waals surface area contributed by atoms with Crippen LogP contribution in [0, 0.1) is 0 Å². The van der Waals surface area contributed by atoms with Gasteiger partial charge in [-0.15, -0.1) is 0 Å². The van der Waals surface area contributed by atoms with Crippen LogP contribution in [0.3, 0.4) is 0 Å². The van der Waals surface area contributed by atoms with Gasteiger partial charge in [-0.25, -0.2) is 0 Å². The van der Waals surface area contributed by atoms with Crippen molar-refractivity contribution in [2.24, 2.45) is 0 Å². The molecular formula is C21H24NO5-. The first-order valence-corrected chi connectivity index (χ1v) is 9.05. The summed E-state index contributed by atoms with van der Waals surface area (Å²) in [6.07, 6.45) is 0.784. The standard InChI is InChI=1S/C21H25NO5/c1-2-21(27-20(25)11-7-6-10-19(23)24)26-18-14-12-17(13-15-18)22-16-8-4-3-5-9-16/h3-5,8-9,12-15,21-22H,2,6-7,10-11H2,1H3,(H,23,24)/p-1. The van der Waals surface area contributed by atoms with Crippen LogP contribution in [0.4, 0.5) is 11.4 Å². The predicted octanol–water partition coefficient (Wildman–Crippen LogP) is 3.40. The van der Waals surface area contributed by atoms with Crippen molar-refractivity contribution in [2.75, 3.05) is 5.32 Å². The quantitative estimate of drug-likeness (QED) is 0.371. The molecule has 144 valence electrons. The Bertz CT molecular complexity index is 715. The van der Waals surface area contributed by atoms with Gasteiger partial charge in [-0.2, -0.15) is 0 Å². The average molecular weight is 370 g/mol. The van der Waals surface area contributed by atoms with Crippen molar-refractivity contribution < 1.29 is 24.2 Å². The van der Waals surface area contributed by atoms with Crippen molar-refractivity contribution in [3.05, 3.63) is 54.6 Å². The molecule has 2 rings (SSSR count). The van der Waals surface area contributed by atoms with Crippen LogP contribution < -0.4 is 15.2 Å². The van der Waals surface area contributed by atoms with Crippen LogP contribution >= 0.6 is 0 Å². The summed E-state index contributed by atoms with van der Waals surface area (Å²) in [6.45, 7) is 1.86. The van der Waals surface area contributed by atoms with Crippen molar-refractivity contribution in [3.8, 4) is 5.75 Å². The van der Waals surface area contributed by atoms with Crippen LogP contribution in [0.5, 0.6) is 5.75 Å². The van der Waals surface area contributed by atoms with E-state index in [0.29, 0.717) is 25.0 Å². The first-order valence-electron chi connectivity index (χ1n) is 9.05. The molecule has 0 bridgehead atoms. The van der Waals surface area contributed by atoms with Crippen LogP contribution in [0.25, 0.3) is 0 Å². The number of benzene rings is 2. The molecule has 0 aliphatic carbocycles. The number of hydrogen-bond donors (Lipinski definition) is 1. The number of aliphatic carboxylic acids is 1. The van der Waals surface area contributed by atoms with E-state index in [4.69, 9.17) is 9.47 Å². The minimum absolute atomic E-state index is 0.0512. The highest BCUT2D eigenvalue weighted by molar-refractivity contribution is 5.69. The minimum atomic E-state index is -1.11. The van der Waals surface area contributed by atoms with Gasteiger partial charge < -0.3 is 24.7 Å². The van der Waals surface area contributed by atoms with Gasteiger partial charge in [0.1, 0.15) is 5.75 Å². The van der Waals surface area contributed by atoms with Gasteiger partial charge in [-0.3, -0.25) is 4.79 Å². The third-order valence-corrected chi connectivity index (χ3v) is 3.79. The molecule has 27 heavy (non-hydrogen) atoms. The highest BCUT2D eigenvalue weighted by Gasteiger charge is 2.14. The molecule has 2 aromatic rings. The average Bonchev–Trinajstić information content (AvgIpc) is 2.67. The molecule has 0 saturated heterocycles. The van der Waals surface area contributed by atoms with Crippen LogP contribution in [0.15, 0.2) is 54.6 Å². The number of anilines is 2. The second-order valence-corrected chi connectivity index (χ2v) is 6.04. The maximum Gasteiger partial charge on any atom is 0.308 e. The molecule has 2 aromatic carbocycles. The number of unbranched alkanes of at least 4 members (excludes halogenated alkanes) is 1. The Kier molecular flexibility index (Phi) is 8.16. The Balaban J connectivity index is 1.79. The summed E-state index contributed by atoms with van der Waals surface area (Å²) in [5.74, 6) is -0.906. The molecule has 0 radical (unpaired) electrons. The largest absolute Gasteiger partial charge is 0.550 e. The molecule has 6 heteroatoms. The zero-order valence-corrected chi connectivity index (χ0v) is 15.4. The maximum absolute atomic E-state index is 11.8. The number of nitrogens with one attached hydrogen (secondary N) is 1. The number of rotatable bonds is 11. The van der Waals surface area contributed by atoms with Crippen LogP contribution in [-0.2, 0) is 14.3 Å². The topological polar surface area (TPSA) is 87.7 Å². The van der Waals surface area contributed by atoms with Gasteiger partial charge >= 0.3 is 5.97 Å². The Morgan fingerprint density at radius 2 is 1.59 bits per heavy atom. The fourth-order valence-electron chi connectivity index (χ4n) is 2.39. The summed E-state index contributed by atoms with van der Waals surface area (Å²) in [4.78, 5) is 22.2. The lowest BCUT2D eigenvalue weighted by molar-refractivity contribution is -0.305. The second kappa shape index (κ2) is 10.9. The van der Waals surface area contributed by atoms with Crippen LogP contribution in [-0.4, -0.2) is 18.2 Å². The molecule has 0 spiro atoms. The van der Waals surface area contributed by atoms with Gasteiger partial charge in [-0.05, 0) is 55.7 Å². The Hall–Kier alpha value is -3.02. The van der Waals surface area contributed by atoms with Crippen molar-refractivity contribution >= 4 is 23.3 Å². The van der Waals surface area contributed by atoms with Crippen LogP contribution in [0.1, 0.15) is 39.0 Å². The zero-order valence-electron chi connectivity index (χ0n) is 15.4. The molecule has 1 atom stereocenters. The van der Waals surface area contributed by atoms with E-state index in [1.165, 1.54) is 0 Å². The first-order chi connectivity index (χ1) is 13.1. The molecule has 0 aliphatic rings. The molecule has 0 aromatic heterocycles. The Morgan fingerprint density at radius 3 is 2.22 bits per heavy atom. The van der Waals surface area contributed by atoms with Crippen molar-refractivity contribution in [2.45, 2.75) is 45.3 Å². The Morgan fingerprint density at radius 1 is 0.963 bits per heavy atom. The smallest absolute Gasteiger partial charge is 0.308 e. The number of carbonyl (C=O) groups excluding carboxylic acids is 2. The van der Waals surface area contributed by atoms with Gasteiger partial charge in [0.2, 0.25) is 6.29 Å². The molecule has 1 N–H and O–H groups in total. The lowest BCUT2D eigenvalue weighted by Crippen LogP contribution is -2.24. The number of esters is 1. The fraction of sp³-hybridized carbons (Fsp3) is 0.333. The van der Waals surface area contributed by atoms with Crippen molar-refractivity contribution in [1.82, 2.24) is 0 Å². The number of para-hydroxylation sites is 1. The summed E-state index contributed by atoms with van der Waals surface area (Å²) in [5, 5.41) is 13.6. The normalized spacial score (nSPS) is 11.4. The summed E-state index contributed by atoms with van der Waals surface area (Å²) in [5.41, 5.74) is 1.91. The monoisotopic (exact) mass is 370 g/mol. The molecule has 0 heterocycles. The van der Waals surface area contributed by atoms with Crippen molar-refractivity contribution in [1.29, 1.82) is 0 Å². The molecular weight excluding hydrogens is 346 g/mol. The number of ether oxygens (including phenoxy) is 2. The summed E-state index contributed by atoms with van der Waals surface area (Å²) >= 11 is 0. The molecule has 0 amide bonds. The van der Waals surface area contributed by atoms with Gasteiger partial charge in [0, 0.05) is 30.2 Å². The molecule has 0 saturated carbocycles. The summed E-state index contributed by atoms with van der Waals surface area (Å²) in [7, 11) is 0. The van der Waals surface area contributed by atoms with E-state index in [1.807, 2.05) is 61.5 Å². The van der Waals surface area contributed by atoms with Crippen molar-refractivity contribution in [3.63, 3.8) is 0 Å². The number of hydrogen-bond acceptors (Lipinski definition) is 6. The van der Waals surface area contributed by atoms with E-state index in [1.54, 1.807) is 0 Å². The third kappa shape index (κ3) is 7.81. The predicted molar refractivity (Wildman–Crippen MR) is 100 cm³/mol. The minimum Gasteiger partial charge on any atom is -0.550 e. The summed E-state index contributed by atoms with van der Waals surface area (Å²) in [6, 6.07) is 17.2. The summed E-state index contributed by atoms with van der Waals surface area (Å²) < 4.78 is 11.0. The molecule has 0 aliphatic heterocycles. The fourth-order valence-corrected chi connectivity index (χ4v) is 2.39. The number of carboxylic acids is 1. The molecule has 1 unspecified atom stereocenters. The van der Waals surface area contributed by atoms with Gasteiger partial charge in [0.25, 0.3) is 0 Å². The molecule has 6 nitrogen and oxygen atoms in total. The van der Waals surface area contributed by atoms with E-state index in [2.05, 4.69) is 5.32 Å². The van der Waals surface area contributed by atoms with E-state index < -0.39 is 18.2 Å². The third-order valence-electron chi connectivity index (χ3n) is 3.79. The number of carbonyl (C=O) groups is 2. The Labute approximate surface area is 159 Å². The van der Waals surface area contributed by atoms with Gasteiger partial charge in [0.15, 0.2) is 0 Å². The second-order valence-electron chi connectivity index (χ2n) is 6.04. The lowest BCUT2D eigenvalue weighted by Gasteiger charge is -2.18. The SMILES string of the molecule is CCC(OC(=O)CCCCC(=O)[O-])Oc1ccc(Nc2ccccc2)cc1. The van der Waals surface area contributed by atoms with Gasteiger partial charge in [-0.1, -0.05) is 25.1 Å². The van der Waals surface area contributed by atoms with E-state index in [0.717, 1.165) is 11.4 Å². The first kappa shape index (κ1) is 20.3. The van der Waals surface area contributed by atoms with E-state index >= 15 is 0 Å². The van der Waals surface area contributed by atoms with Gasteiger partial charge in [0.05, 0.1) is 0 Å². The lowest BCUT2D eigenvalue weighted by atomic mass is 10.2. The maximum atomic E-state index is 11.8. The molecule has 0 fully saturated rings. The van der Waals surface area contributed by atoms with E-state index in [-0.39, 0.29) is 12.8 Å². The number of carboxylic acid groups (broad SMARTS) is 1. The highest BCUT2D eigenvalue weighted by Crippen LogP contribution is 2.21. The van der Waals surface area contributed by atoms with Crippen LogP contribution in [0.2, 0.25) is 0 Å².